The van der Waals surface area contributed by atoms with Gasteiger partial charge in [-0.25, -0.2) is 0 Å². The summed E-state index contributed by atoms with van der Waals surface area (Å²) in [4.78, 5) is 14.5. The number of anilines is 1. The second kappa shape index (κ2) is 9.27. The van der Waals surface area contributed by atoms with Crippen LogP contribution in [0.1, 0.15) is 19.3 Å². The van der Waals surface area contributed by atoms with Crippen LogP contribution in [0.5, 0.6) is 0 Å². The molecule has 0 atom stereocenters. The lowest BCUT2D eigenvalue weighted by Crippen LogP contribution is -2.39. The number of hydrogen-bond acceptors (Lipinski definition) is 5. The molecule has 0 aromatic heterocycles. The number of benzene rings is 1. The van der Waals surface area contributed by atoms with E-state index in [0.717, 1.165) is 42.6 Å². The summed E-state index contributed by atoms with van der Waals surface area (Å²) < 4.78 is 8.45. The minimum absolute atomic E-state index is 0. The van der Waals surface area contributed by atoms with Crippen molar-refractivity contribution in [1.29, 1.82) is 0 Å². The van der Waals surface area contributed by atoms with Crippen molar-refractivity contribution in [2.24, 2.45) is 14.6 Å². The number of carbonyl (C=O) groups excluding carboxylic acids is 1. The molecule has 0 saturated carbocycles. The average Bonchev–Trinajstić information content (AvgIpc) is 3.04. The molecular formula is C16H24ClN5OS. The fraction of sp³-hybridized carbons (Fsp3) is 0.562. The van der Waals surface area contributed by atoms with E-state index in [9.17, 15) is 4.79 Å². The Bertz CT molecular complexity index is 639. The molecule has 1 aromatic rings. The first-order valence-electron chi connectivity index (χ1n) is 8.14. The molecule has 24 heavy (non-hydrogen) atoms. The number of nitrogens with one attached hydrogen (secondary N) is 2. The van der Waals surface area contributed by atoms with Crippen molar-refractivity contribution in [2.45, 2.75) is 19.3 Å². The van der Waals surface area contributed by atoms with Gasteiger partial charge in [-0.3, -0.25) is 9.69 Å². The fourth-order valence-electron chi connectivity index (χ4n) is 3.08. The first-order valence-corrected chi connectivity index (χ1v) is 8.87. The highest BCUT2D eigenvalue weighted by atomic mass is 35.5. The third-order valence-corrected chi connectivity index (χ3v) is 4.98. The molecule has 0 bridgehead atoms. The Kier molecular flexibility index (Phi) is 7.36. The van der Waals surface area contributed by atoms with Crippen molar-refractivity contribution >= 4 is 46.7 Å². The maximum Gasteiger partial charge on any atom is 0.238 e. The van der Waals surface area contributed by atoms with Crippen LogP contribution in [-0.4, -0.2) is 44.0 Å². The van der Waals surface area contributed by atoms with Gasteiger partial charge in [0, 0.05) is 0 Å². The molecule has 1 saturated heterocycles. The van der Waals surface area contributed by atoms with E-state index in [0.29, 0.717) is 6.54 Å². The minimum atomic E-state index is 0. The smallest absolute Gasteiger partial charge is 0.238 e. The van der Waals surface area contributed by atoms with Gasteiger partial charge in [0.15, 0.2) is 0 Å². The molecule has 1 aromatic carbocycles. The number of nitrogens with zero attached hydrogens (tertiary/aromatic N) is 3. The lowest BCUT2D eigenvalue weighted by atomic mass is 9.93. The molecule has 2 N–H and O–H groups in total. The van der Waals surface area contributed by atoms with Crippen molar-refractivity contribution in [3.8, 4) is 0 Å². The van der Waals surface area contributed by atoms with Crippen LogP contribution >= 0.6 is 12.4 Å². The Balaban J connectivity index is 0.00000208. The highest BCUT2D eigenvalue weighted by Gasteiger charge is 2.21. The number of halogens is 1. The molecule has 2 aliphatic rings. The second-order valence-corrected chi connectivity index (χ2v) is 6.63. The van der Waals surface area contributed by atoms with E-state index in [1.807, 2.05) is 25.2 Å². The molecule has 2 aliphatic heterocycles. The summed E-state index contributed by atoms with van der Waals surface area (Å²) in [6.45, 7) is 3.54. The van der Waals surface area contributed by atoms with Crippen LogP contribution in [0, 0.1) is 5.92 Å². The average molecular weight is 370 g/mol. The molecule has 0 spiro atoms. The standard InChI is InChI=1S/C16H23N5OS.ClH/c1-17-8-5-12-6-9-21(10-7-12)11-15(22)18-13-3-2-4-14-16(13)20-23-19-14;/h2-4,12,17H,5-11H2,1H3,(H,18,22);1H. The van der Waals surface area contributed by atoms with Crippen molar-refractivity contribution in [3.05, 3.63) is 18.2 Å². The van der Waals surface area contributed by atoms with Crippen LogP contribution in [0.4, 0.5) is 17.1 Å². The summed E-state index contributed by atoms with van der Waals surface area (Å²) >= 11 is 1.17. The Hall–Kier alpha value is -1.28. The zero-order chi connectivity index (χ0) is 16.1. The number of amides is 1. The molecule has 2 heterocycles. The van der Waals surface area contributed by atoms with Crippen molar-refractivity contribution in [3.63, 3.8) is 0 Å². The molecular weight excluding hydrogens is 346 g/mol. The first-order chi connectivity index (χ1) is 11.3. The lowest BCUT2D eigenvalue weighted by Gasteiger charge is -2.31. The van der Waals surface area contributed by atoms with Crippen molar-refractivity contribution in [2.75, 3.05) is 38.5 Å². The topological polar surface area (TPSA) is 69.1 Å². The van der Waals surface area contributed by atoms with Gasteiger partial charge in [-0.05, 0) is 64.0 Å². The van der Waals surface area contributed by atoms with Crippen LogP contribution in [0.15, 0.2) is 26.9 Å². The Morgan fingerprint density at radius 2 is 2.12 bits per heavy atom. The van der Waals surface area contributed by atoms with Gasteiger partial charge in [-0.2, -0.15) is 8.73 Å². The van der Waals surface area contributed by atoms with E-state index in [2.05, 4.69) is 24.3 Å². The van der Waals surface area contributed by atoms with Gasteiger partial charge in [-0.1, -0.05) is 6.07 Å². The van der Waals surface area contributed by atoms with Crippen LogP contribution < -0.4 is 10.6 Å². The quantitative estimate of drug-likeness (QED) is 0.822. The lowest BCUT2D eigenvalue weighted by molar-refractivity contribution is -0.117. The number of rotatable bonds is 6. The van der Waals surface area contributed by atoms with Crippen LogP contribution in [0.25, 0.3) is 0 Å². The predicted octanol–water partition coefficient (Wildman–Crippen LogP) is 3.09. The molecule has 0 radical (unpaired) electrons. The van der Waals surface area contributed by atoms with Crippen LogP contribution in [-0.2, 0) is 16.1 Å². The summed E-state index contributed by atoms with van der Waals surface area (Å²) in [5, 5.41) is 6.19. The van der Waals surface area contributed by atoms with E-state index in [1.54, 1.807) is 0 Å². The number of fused-ring (bicyclic) bond motifs is 1. The number of hydrogen-bond donors (Lipinski definition) is 2. The van der Waals surface area contributed by atoms with E-state index in [4.69, 9.17) is 0 Å². The minimum Gasteiger partial charge on any atom is -0.323 e. The van der Waals surface area contributed by atoms with Gasteiger partial charge < -0.3 is 10.6 Å². The van der Waals surface area contributed by atoms with Crippen molar-refractivity contribution in [1.82, 2.24) is 10.2 Å². The van der Waals surface area contributed by atoms with E-state index in [-0.39, 0.29) is 18.3 Å². The highest BCUT2D eigenvalue weighted by molar-refractivity contribution is 7.58. The molecule has 132 valence electrons. The Morgan fingerprint density at radius 3 is 2.88 bits per heavy atom. The third kappa shape index (κ3) is 4.86. The molecule has 0 aliphatic carbocycles. The molecule has 8 heteroatoms. The highest BCUT2D eigenvalue weighted by Crippen LogP contribution is 2.38. The third-order valence-electron chi connectivity index (χ3n) is 4.44. The first kappa shape index (κ1) is 19.1. The summed E-state index contributed by atoms with van der Waals surface area (Å²) in [7, 11) is 2.00. The summed E-state index contributed by atoms with van der Waals surface area (Å²) in [6, 6.07) is 5.68. The van der Waals surface area contributed by atoms with Gasteiger partial charge in [0.2, 0.25) is 5.91 Å². The van der Waals surface area contributed by atoms with Gasteiger partial charge in [-0.15, -0.1) is 12.4 Å². The van der Waals surface area contributed by atoms with E-state index in [1.165, 1.54) is 30.6 Å². The summed E-state index contributed by atoms with van der Waals surface area (Å²) in [5.41, 5.74) is 2.36. The van der Waals surface area contributed by atoms with E-state index >= 15 is 0 Å². The molecule has 3 rings (SSSR count). The van der Waals surface area contributed by atoms with Gasteiger partial charge in [0.25, 0.3) is 0 Å². The predicted molar refractivity (Wildman–Crippen MR) is 102 cm³/mol. The monoisotopic (exact) mass is 369 g/mol. The molecule has 1 amide bonds. The van der Waals surface area contributed by atoms with Crippen LogP contribution in [0.2, 0.25) is 0 Å². The summed E-state index contributed by atoms with van der Waals surface area (Å²) in [6.07, 6.45) is 3.59. The van der Waals surface area contributed by atoms with E-state index < -0.39 is 0 Å². The van der Waals surface area contributed by atoms with Crippen molar-refractivity contribution < 1.29 is 4.79 Å². The zero-order valence-electron chi connectivity index (χ0n) is 13.8. The summed E-state index contributed by atoms with van der Waals surface area (Å²) in [5.74, 6) is 0.816. The largest absolute Gasteiger partial charge is 0.323 e. The van der Waals surface area contributed by atoms with Gasteiger partial charge in [0.1, 0.15) is 11.4 Å². The van der Waals surface area contributed by atoms with Crippen LogP contribution in [0.3, 0.4) is 0 Å². The fourth-order valence-corrected chi connectivity index (χ4v) is 3.63. The maximum absolute atomic E-state index is 12.3. The number of carbonyl (C=O) groups is 1. The molecule has 0 unspecified atom stereocenters. The SMILES string of the molecule is CNCCC1CCN(CC(=O)Nc2cccc3c2N=S=N3)CC1.Cl. The second-order valence-electron chi connectivity index (χ2n) is 6.10. The zero-order valence-corrected chi connectivity index (χ0v) is 15.5. The Labute approximate surface area is 152 Å². The Morgan fingerprint density at radius 1 is 1.33 bits per heavy atom. The number of piperidine rings is 1. The molecule has 1 fully saturated rings. The van der Waals surface area contributed by atoms with Gasteiger partial charge in [0.05, 0.1) is 23.6 Å². The number of likely N-dealkylation sites (tertiary alicyclic amines) is 1. The normalized spacial score (nSPS) is 17.0. The van der Waals surface area contributed by atoms with Gasteiger partial charge >= 0.3 is 0 Å². The maximum atomic E-state index is 12.3. The molecule has 6 nitrogen and oxygen atoms in total.